The quantitative estimate of drug-likeness (QED) is 0.200. The molecule has 2 N–H and O–H groups in total. The number of esters is 1. The van der Waals surface area contributed by atoms with Crippen LogP contribution in [0.25, 0.3) is 0 Å². The van der Waals surface area contributed by atoms with Crippen LogP contribution in [-0.4, -0.2) is 32.1 Å². The number of carbonyl (C=O) groups excluding carboxylic acids is 1. The van der Waals surface area contributed by atoms with Crippen molar-refractivity contribution in [1.29, 1.82) is 0 Å². The molecule has 0 radical (unpaired) electrons. The van der Waals surface area contributed by atoms with Crippen molar-refractivity contribution in [2.75, 3.05) is 20.2 Å². The average molecular weight is 447 g/mol. The highest BCUT2D eigenvalue weighted by Gasteiger charge is 2.06. The SMILES string of the molecule is CCNC(=NCCCCCC(=O)OC)NC(C)c1ccccc1.I. The van der Waals surface area contributed by atoms with Crippen LogP contribution in [-0.2, 0) is 9.53 Å². The van der Waals surface area contributed by atoms with Gasteiger partial charge in [-0.25, -0.2) is 0 Å². The Morgan fingerprint density at radius 1 is 1.21 bits per heavy atom. The Hall–Kier alpha value is -1.31. The lowest BCUT2D eigenvalue weighted by atomic mass is 10.1. The number of methoxy groups -OCH3 is 1. The Labute approximate surface area is 162 Å². The normalized spacial score (nSPS) is 12.0. The van der Waals surface area contributed by atoms with E-state index in [4.69, 9.17) is 0 Å². The molecule has 0 aliphatic rings. The Bertz CT molecular complexity index is 480. The third-order valence-corrected chi connectivity index (χ3v) is 3.53. The van der Waals surface area contributed by atoms with Crippen molar-refractivity contribution in [3.05, 3.63) is 35.9 Å². The number of halogens is 1. The number of unbranched alkanes of at least 4 members (excludes halogenated alkanes) is 2. The van der Waals surface area contributed by atoms with Crippen LogP contribution in [0.3, 0.4) is 0 Å². The van der Waals surface area contributed by atoms with Gasteiger partial charge >= 0.3 is 5.97 Å². The minimum atomic E-state index is -0.139. The van der Waals surface area contributed by atoms with Gasteiger partial charge < -0.3 is 15.4 Å². The smallest absolute Gasteiger partial charge is 0.305 e. The van der Waals surface area contributed by atoms with Gasteiger partial charge in [0.2, 0.25) is 0 Å². The zero-order valence-corrected chi connectivity index (χ0v) is 17.2. The second-order valence-electron chi connectivity index (χ2n) is 5.42. The summed E-state index contributed by atoms with van der Waals surface area (Å²) >= 11 is 0. The Morgan fingerprint density at radius 3 is 2.54 bits per heavy atom. The molecular formula is C18H30IN3O2. The van der Waals surface area contributed by atoms with E-state index in [1.807, 2.05) is 18.2 Å². The van der Waals surface area contributed by atoms with Gasteiger partial charge in [0.1, 0.15) is 0 Å². The fourth-order valence-electron chi connectivity index (χ4n) is 2.20. The third-order valence-electron chi connectivity index (χ3n) is 3.53. The van der Waals surface area contributed by atoms with Gasteiger partial charge in [0.25, 0.3) is 0 Å². The molecule has 1 aromatic rings. The van der Waals surface area contributed by atoms with Crippen molar-refractivity contribution in [2.45, 2.75) is 45.6 Å². The molecule has 136 valence electrons. The van der Waals surface area contributed by atoms with Gasteiger partial charge in [-0.15, -0.1) is 24.0 Å². The molecule has 0 amide bonds. The lowest BCUT2D eigenvalue weighted by molar-refractivity contribution is -0.140. The van der Waals surface area contributed by atoms with E-state index in [9.17, 15) is 4.79 Å². The maximum atomic E-state index is 11.0. The maximum Gasteiger partial charge on any atom is 0.305 e. The molecule has 0 heterocycles. The van der Waals surface area contributed by atoms with Crippen LogP contribution in [0.2, 0.25) is 0 Å². The van der Waals surface area contributed by atoms with E-state index in [0.29, 0.717) is 6.42 Å². The first kappa shape index (κ1) is 22.7. The van der Waals surface area contributed by atoms with Gasteiger partial charge in [0.05, 0.1) is 13.2 Å². The van der Waals surface area contributed by atoms with Crippen LogP contribution in [0.1, 0.15) is 51.1 Å². The van der Waals surface area contributed by atoms with Gasteiger partial charge in [0, 0.05) is 19.5 Å². The standard InChI is InChI=1S/C18H29N3O2.HI/c1-4-19-18(20-14-10-6-9-13-17(22)23-3)21-15(2)16-11-7-5-8-12-16;/h5,7-8,11-12,15H,4,6,9-10,13-14H2,1-3H3,(H2,19,20,21);1H. The number of carbonyl (C=O) groups is 1. The van der Waals surface area contributed by atoms with Crippen molar-refractivity contribution in [1.82, 2.24) is 10.6 Å². The molecular weight excluding hydrogens is 417 g/mol. The van der Waals surface area contributed by atoms with E-state index in [1.54, 1.807) is 0 Å². The molecule has 0 saturated heterocycles. The molecule has 0 aromatic heterocycles. The highest BCUT2D eigenvalue weighted by molar-refractivity contribution is 14.0. The van der Waals surface area contributed by atoms with E-state index in [0.717, 1.165) is 38.3 Å². The lowest BCUT2D eigenvalue weighted by Crippen LogP contribution is -2.38. The fraction of sp³-hybridized carbons (Fsp3) is 0.556. The number of hydrogen-bond donors (Lipinski definition) is 2. The number of benzene rings is 1. The second kappa shape index (κ2) is 14.1. The number of nitrogens with one attached hydrogen (secondary N) is 2. The Morgan fingerprint density at radius 2 is 1.92 bits per heavy atom. The molecule has 24 heavy (non-hydrogen) atoms. The molecule has 1 aromatic carbocycles. The summed E-state index contributed by atoms with van der Waals surface area (Å²) in [6.07, 6.45) is 3.29. The summed E-state index contributed by atoms with van der Waals surface area (Å²) in [6, 6.07) is 10.5. The zero-order chi connectivity index (χ0) is 16.9. The molecule has 1 unspecified atom stereocenters. The second-order valence-corrected chi connectivity index (χ2v) is 5.42. The van der Waals surface area contributed by atoms with Crippen LogP contribution in [0, 0.1) is 0 Å². The number of aliphatic imine (C=N–C) groups is 1. The molecule has 0 fully saturated rings. The molecule has 0 aliphatic carbocycles. The third kappa shape index (κ3) is 9.75. The highest BCUT2D eigenvalue weighted by Crippen LogP contribution is 2.10. The van der Waals surface area contributed by atoms with Crippen molar-refractivity contribution in [3.8, 4) is 0 Å². The van der Waals surface area contributed by atoms with Crippen LogP contribution in [0.5, 0.6) is 0 Å². The molecule has 0 spiro atoms. The summed E-state index contributed by atoms with van der Waals surface area (Å²) < 4.78 is 4.63. The lowest BCUT2D eigenvalue weighted by Gasteiger charge is -2.18. The van der Waals surface area contributed by atoms with Crippen LogP contribution in [0.4, 0.5) is 0 Å². The minimum Gasteiger partial charge on any atom is -0.469 e. The number of hydrogen-bond acceptors (Lipinski definition) is 3. The minimum absolute atomic E-state index is 0. The van der Waals surface area contributed by atoms with E-state index < -0.39 is 0 Å². The van der Waals surface area contributed by atoms with Crippen molar-refractivity contribution in [3.63, 3.8) is 0 Å². The van der Waals surface area contributed by atoms with Gasteiger partial charge in [-0.1, -0.05) is 36.8 Å². The Kier molecular flexibility index (Phi) is 13.3. The van der Waals surface area contributed by atoms with Gasteiger partial charge in [0.15, 0.2) is 5.96 Å². The van der Waals surface area contributed by atoms with Crippen molar-refractivity contribution in [2.24, 2.45) is 4.99 Å². The van der Waals surface area contributed by atoms with E-state index in [-0.39, 0.29) is 36.0 Å². The monoisotopic (exact) mass is 447 g/mol. The summed E-state index contributed by atoms with van der Waals surface area (Å²) in [5.74, 6) is 0.692. The molecule has 1 atom stereocenters. The highest BCUT2D eigenvalue weighted by atomic mass is 127. The summed E-state index contributed by atoms with van der Waals surface area (Å²) in [4.78, 5) is 15.6. The predicted molar refractivity (Wildman–Crippen MR) is 110 cm³/mol. The number of nitrogens with zero attached hydrogens (tertiary/aromatic N) is 1. The van der Waals surface area contributed by atoms with E-state index in [2.05, 4.69) is 46.3 Å². The largest absolute Gasteiger partial charge is 0.469 e. The topological polar surface area (TPSA) is 62.7 Å². The number of rotatable bonds is 9. The summed E-state index contributed by atoms with van der Waals surface area (Å²) in [5, 5.41) is 6.68. The van der Waals surface area contributed by atoms with Gasteiger partial charge in [-0.3, -0.25) is 9.79 Å². The molecule has 5 nitrogen and oxygen atoms in total. The molecule has 0 aliphatic heterocycles. The number of guanidine groups is 1. The summed E-state index contributed by atoms with van der Waals surface area (Å²) in [6.45, 7) is 5.76. The van der Waals surface area contributed by atoms with Crippen molar-refractivity contribution >= 4 is 35.9 Å². The predicted octanol–water partition coefficient (Wildman–Crippen LogP) is 3.65. The van der Waals surface area contributed by atoms with Gasteiger partial charge in [-0.05, 0) is 32.3 Å². The van der Waals surface area contributed by atoms with Crippen molar-refractivity contribution < 1.29 is 9.53 Å². The average Bonchev–Trinajstić information content (AvgIpc) is 2.58. The first-order valence-corrected chi connectivity index (χ1v) is 8.34. The van der Waals surface area contributed by atoms with E-state index >= 15 is 0 Å². The molecule has 1 rings (SSSR count). The fourth-order valence-corrected chi connectivity index (χ4v) is 2.20. The molecule has 6 heteroatoms. The van der Waals surface area contributed by atoms with Crippen LogP contribution >= 0.6 is 24.0 Å². The first-order chi connectivity index (χ1) is 11.2. The number of ether oxygens (including phenoxy) is 1. The zero-order valence-electron chi connectivity index (χ0n) is 14.9. The summed E-state index contributed by atoms with van der Waals surface area (Å²) in [7, 11) is 1.43. The Balaban J connectivity index is 0.00000529. The maximum absolute atomic E-state index is 11.0. The first-order valence-electron chi connectivity index (χ1n) is 8.34. The van der Waals surface area contributed by atoms with Gasteiger partial charge in [-0.2, -0.15) is 0 Å². The van der Waals surface area contributed by atoms with Crippen LogP contribution in [0.15, 0.2) is 35.3 Å². The van der Waals surface area contributed by atoms with E-state index in [1.165, 1.54) is 12.7 Å². The molecule has 0 saturated carbocycles. The molecule has 0 bridgehead atoms. The summed E-state index contributed by atoms with van der Waals surface area (Å²) in [5.41, 5.74) is 1.23. The van der Waals surface area contributed by atoms with Crippen LogP contribution < -0.4 is 10.6 Å².